The van der Waals surface area contributed by atoms with Gasteiger partial charge in [-0.2, -0.15) is 0 Å². The molecule has 1 unspecified atom stereocenters. The summed E-state index contributed by atoms with van der Waals surface area (Å²) in [5, 5.41) is 10.0. The number of nitrogens with one attached hydrogen (secondary N) is 1. The number of sulfonamides is 1. The van der Waals surface area contributed by atoms with Gasteiger partial charge in [-0.15, -0.1) is 0 Å². The van der Waals surface area contributed by atoms with Crippen molar-refractivity contribution >= 4 is 10.0 Å². The van der Waals surface area contributed by atoms with Crippen LogP contribution in [-0.2, 0) is 10.0 Å². The molecule has 130 valence electrons. The molecule has 1 heterocycles. The average Bonchev–Trinajstić information content (AvgIpc) is 2.47. The van der Waals surface area contributed by atoms with Crippen molar-refractivity contribution in [3.05, 3.63) is 29.6 Å². The number of rotatable bonds is 6. The Balaban J connectivity index is 1.88. The van der Waals surface area contributed by atoms with Crippen LogP contribution in [0.2, 0.25) is 0 Å². The van der Waals surface area contributed by atoms with Gasteiger partial charge in [0, 0.05) is 13.1 Å². The molecule has 1 saturated heterocycles. The van der Waals surface area contributed by atoms with Gasteiger partial charge in [-0.05, 0) is 56.5 Å². The Morgan fingerprint density at radius 1 is 1.39 bits per heavy atom. The molecule has 1 atom stereocenters. The molecule has 0 amide bonds. The summed E-state index contributed by atoms with van der Waals surface area (Å²) in [6, 6.07) is 3.97. The fourth-order valence-electron chi connectivity index (χ4n) is 2.71. The van der Waals surface area contributed by atoms with Crippen molar-refractivity contribution in [2.24, 2.45) is 5.92 Å². The highest BCUT2D eigenvalue weighted by molar-refractivity contribution is 7.89. The van der Waals surface area contributed by atoms with Crippen LogP contribution >= 0.6 is 0 Å². The Bertz CT molecular complexity index is 628. The maximum atomic E-state index is 13.8. The van der Waals surface area contributed by atoms with Gasteiger partial charge >= 0.3 is 0 Å². The second-order valence-electron chi connectivity index (χ2n) is 6.42. The van der Waals surface area contributed by atoms with E-state index in [1.165, 1.54) is 12.1 Å². The summed E-state index contributed by atoms with van der Waals surface area (Å²) in [4.78, 5) is 1.74. The second kappa shape index (κ2) is 7.70. The van der Waals surface area contributed by atoms with Gasteiger partial charge < -0.3 is 10.0 Å². The zero-order chi connectivity index (χ0) is 17.0. The summed E-state index contributed by atoms with van der Waals surface area (Å²) in [7, 11) is -3.96. The lowest BCUT2D eigenvalue weighted by molar-refractivity contribution is 0.0942. The van der Waals surface area contributed by atoms with Crippen molar-refractivity contribution < 1.29 is 17.9 Å². The van der Waals surface area contributed by atoms with E-state index < -0.39 is 21.9 Å². The van der Waals surface area contributed by atoms with Crippen LogP contribution in [0.5, 0.6) is 0 Å². The Kier molecular flexibility index (Phi) is 6.13. The minimum atomic E-state index is -3.96. The van der Waals surface area contributed by atoms with Crippen LogP contribution in [-0.4, -0.2) is 50.7 Å². The highest BCUT2D eigenvalue weighted by atomic mass is 32.2. The van der Waals surface area contributed by atoms with E-state index in [-0.39, 0.29) is 11.4 Å². The van der Waals surface area contributed by atoms with Crippen molar-refractivity contribution in [2.75, 3.05) is 26.2 Å². The SMILES string of the molecule is Cc1ccc(S(=O)(=O)NCC(O)CN2CCC(C)CC2)c(F)c1. The fraction of sp³-hybridized carbons (Fsp3) is 0.625. The van der Waals surface area contributed by atoms with E-state index in [1.54, 1.807) is 13.0 Å². The largest absolute Gasteiger partial charge is 0.390 e. The molecule has 0 aromatic heterocycles. The highest BCUT2D eigenvalue weighted by Crippen LogP contribution is 2.17. The Morgan fingerprint density at radius 3 is 2.65 bits per heavy atom. The van der Waals surface area contributed by atoms with Gasteiger partial charge in [0.05, 0.1) is 6.10 Å². The topological polar surface area (TPSA) is 69.6 Å². The predicted molar refractivity (Wildman–Crippen MR) is 87.2 cm³/mol. The molecular formula is C16H25FN2O3S. The number of aryl methyl sites for hydroxylation is 1. The predicted octanol–water partition coefficient (Wildman–Crippen LogP) is 1.51. The maximum absolute atomic E-state index is 13.8. The number of piperidine rings is 1. The number of benzene rings is 1. The van der Waals surface area contributed by atoms with E-state index in [1.807, 2.05) is 0 Å². The highest BCUT2D eigenvalue weighted by Gasteiger charge is 2.22. The minimum absolute atomic E-state index is 0.123. The lowest BCUT2D eigenvalue weighted by atomic mass is 9.99. The number of aliphatic hydroxyl groups is 1. The molecule has 1 aliphatic heterocycles. The van der Waals surface area contributed by atoms with Gasteiger partial charge in [0.25, 0.3) is 0 Å². The zero-order valence-electron chi connectivity index (χ0n) is 13.6. The van der Waals surface area contributed by atoms with Crippen LogP contribution in [0.1, 0.15) is 25.3 Å². The lowest BCUT2D eigenvalue weighted by Gasteiger charge is -2.31. The summed E-state index contributed by atoms with van der Waals surface area (Å²) >= 11 is 0. The molecule has 7 heteroatoms. The van der Waals surface area contributed by atoms with Crippen molar-refractivity contribution in [1.29, 1.82) is 0 Å². The Morgan fingerprint density at radius 2 is 2.04 bits per heavy atom. The van der Waals surface area contributed by atoms with E-state index >= 15 is 0 Å². The molecule has 23 heavy (non-hydrogen) atoms. The van der Waals surface area contributed by atoms with Crippen LogP contribution in [0.3, 0.4) is 0 Å². The quantitative estimate of drug-likeness (QED) is 0.821. The number of likely N-dealkylation sites (tertiary alicyclic amines) is 1. The second-order valence-corrected chi connectivity index (χ2v) is 8.16. The number of hydrogen-bond acceptors (Lipinski definition) is 4. The summed E-state index contributed by atoms with van der Waals surface area (Å²) < 4.78 is 40.3. The Hall–Kier alpha value is -1.02. The first-order chi connectivity index (χ1) is 10.8. The third kappa shape index (κ3) is 5.24. The van der Waals surface area contributed by atoms with Crippen molar-refractivity contribution in [3.8, 4) is 0 Å². The molecule has 1 fully saturated rings. The first kappa shape index (κ1) is 18.3. The van der Waals surface area contributed by atoms with Crippen LogP contribution in [0, 0.1) is 18.7 Å². The minimum Gasteiger partial charge on any atom is -0.390 e. The normalized spacial score (nSPS) is 19.0. The first-order valence-electron chi connectivity index (χ1n) is 7.94. The summed E-state index contributed by atoms with van der Waals surface area (Å²) in [6.07, 6.45) is 1.37. The standard InChI is InChI=1S/C16H25FN2O3S/c1-12-5-7-19(8-6-12)11-14(20)10-18-23(21,22)16-4-3-13(2)9-15(16)17/h3-4,9,12,14,18,20H,5-8,10-11H2,1-2H3. The van der Waals surface area contributed by atoms with Crippen LogP contribution in [0.15, 0.2) is 23.1 Å². The van der Waals surface area contributed by atoms with Gasteiger partial charge in [-0.1, -0.05) is 13.0 Å². The van der Waals surface area contributed by atoms with E-state index in [9.17, 15) is 17.9 Å². The molecule has 0 radical (unpaired) electrons. The van der Waals surface area contributed by atoms with Crippen molar-refractivity contribution in [1.82, 2.24) is 9.62 Å². The van der Waals surface area contributed by atoms with Crippen LogP contribution in [0.25, 0.3) is 0 Å². The number of nitrogens with zero attached hydrogens (tertiary/aromatic N) is 1. The zero-order valence-corrected chi connectivity index (χ0v) is 14.4. The number of aliphatic hydroxyl groups excluding tert-OH is 1. The third-order valence-corrected chi connectivity index (χ3v) is 5.69. The molecule has 0 bridgehead atoms. The molecule has 5 nitrogen and oxygen atoms in total. The van der Waals surface area contributed by atoms with Gasteiger partial charge in [0.2, 0.25) is 10.0 Å². The van der Waals surface area contributed by atoms with Gasteiger partial charge in [0.1, 0.15) is 10.7 Å². The van der Waals surface area contributed by atoms with Crippen molar-refractivity contribution in [2.45, 2.75) is 37.7 Å². The molecule has 0 aliphatic carbocycles. The van der Waals surface area contributed by atoms with E-state index in [4.69, 9.17) is 0 Å². The molecule has 1 aromatic carbocycles. The number of halogens is 1. The molecule has 1 aromatic rings. The van der Waals surface area contributed by atoms with Crippen LogP contribution in [0.4, 0.5) is 4.39 Å². The summed E-state index contributed by atoms with van der Waals surface area (Å²) in [6.45, 7) is 6.02. The molecule has 0 saturated carbocycles. The summed E-state index contributed by atoms with van der Waals surface area (Å²) in [5.41, 5.74) is 0.654. The number of hydrogen-bond donors (Lipinski definition) is 2. The first-order valence-corrected chi connectivity index (χ1v) is 9.42. The van der Waals surface area contributed by atoms with Gasteiger partial charge in [-0.25, -0.2) is 17.5 Å². The van der Waals surface area contributed by atoms with E-state index in [2.05, 4.69) is 16.5 Å². The monoisotopic (exact) mass is 344 g/mol. The average molecular weight is 344 g/mol. The van der Waals surface area contributed by atoms with Crippen LogP contribution < -0.4 is 4.72 Å². The molecular weight excluding hydrogens is 319 g/mol. The lowest BCUT2D eigenvalue weighted by Crippen LogP contribution is -2.43. The van der Waals surface area contributed by atoms with Gasteiger partial charge in [0.15, 0.2) is 0 Å². The van der Waals surface area contributed by atoms with Gasteiger partial charge in [-0.3, -0.25) is 0 Å². The van der Waals surface area contributed by atoms with Crippen molar-refractivity contribution in [3.63, 3.8) is 0 Å². The van der Waals surface area contributed by atoms with E-state index in [0.29, 0.717) is 18.0 Å². The molecule has 2 rings (SSSR count). The molecule has 0 spiro atoms. The molecule has 2 N–H and O–H groups in total. The van der Waals surface area contributed by atoms with E-state index in [0.717, 1.165) is 25.9 Å². The smallest absolute Gasteiger partial charge is 0.243 e. The summed E-state index contributed by atoms with van der Waals surface area (Å²) in [5.74, 6) is -0.0802. The Labute approximate surface area is 137 Å². The maximum Gasteiger partial charge on any atom is 0.243 e. The third-order valence-electron chi connectivity index (χ3n) is 4.23. The fourth-order valence-corrected chi connectivity index (χ4v) is 3.84. The number of β-amino-alcohol motifs (C(OH)–C–C–N with tert-alkyl or cyclic N) is 1. The molecule has 1 aliphatic rings.